The van der Waals surface area contributed by atoms with E-state index in [1.807, 2.05) is 0 Å². The summed E-state index contributed by atoms with van der Waals surface area (Å²) in [6.45, 7) is 0. The van der Waals surface area contributed by atoms with E-state index in [-0.39, 0.29) is 21.4 Å². The molecule has 3 aromatic rings. The van der Waals surface area contributed by atoms with Gasteiger partial charge in [0.05, 0.1) is 15.6 Å². The predicted molar refractivity (Wildman–Crippen MR) is 77.1 cm³/mol. The fourth-order valence-corrected chi connectivity index (χ4v) is 2.34. The van der Waals surface area contributed by atoms with Crippen molar-refractivity contribution in [2.75, 3.05) is 0 Å². The fourth-order valence-electron chi connectivity index (χ4n) is 1.91. The summed E-state index contributed by atoms with van der Waals surface area (Å²) >= 11 is 11.9. The van der Waals surface area contributed by atoms with Gasteiger partial charge in [-0.1, -0.05) is 23.2 Å². The molecule has 0 bridgehead atoms. The van der Waals surface area contributed by atoms with E-state index in [2.05, 4.69) is 10.2 Å². The third kappa shape index (κ3) is 2.28. The number of carboxylic acid groups (broad SMARTS) is 1. The molecule has 0 saturated carbocycles. The van der Waals surface area contributed by atoms with Crippen molar-refractivity contribution in [3.63, 3.8) is 0 Å². The highest BCUT2D eigenvalue weighted by Gasteiger charge is 2.15. The molecule has 0 unspecified atom stereocenters. The first-order valence-electron chi connectivity index (χ1n) is 5.74. The molecule has 0 aliphatic heterocycles. The van der Waals surface area contributed by atoms with Crippen molar-refractivity contribution in [1.82, 2.24) is 14.6 Å². The molecule has 3 rings (SSSR count). The molecule has 0 aliphatic carbocycles. The van der Waals surface area contributed by atoms with Crippen LogP contribution in [0.1, 0.15) is 10.4 Å². The Hall–Kier alpha value is -2.31. The number of nitrogens with zero attached hydrogens (tertiary/aromatic N) is 3. The number of aromatic carboxylic acids is 1. The summed E-state index contributed by atoms with van der Waals surface area (Å²) in [5, 5.41) is 26.8. The number of phenolic OH excluding ortho intramolecular Hbond substituents is 1. The smallest absolute Gasteiger partial charge is 0.337 e. The van der Waals surface area contributed by atoms with Gasteiger partial charge in [-0.25, -0.2) is 4.79 Å². The number of halogens is 2. The van der Waals surface area contributed by atoms with Crippen molar-refractivity contribution in [3.8, 4) is 17.1 Å². The molecule has 0 aliphatic rings. The number of benzene rings is 1. The number of rotatable bonds is 2. The molecule has 106 valence electrons. The van der Waals surface area contributed by atoms with Gasteiger partial charge in [0.25, 0.3) is 0 Å². The molecule has 0 atom stereocenters. The topological polar surface area (TPSA) is 87.7 Å². The Morgan fingerprint density at radius 1 is 1.14 bits per heavy atom. The van der Waals surface area contributed by atoms with Crippen LogP contribution < -0.4 is 0 Å². The van der Waals surface area contributed by atoms with Crippen molar-refractivity contribution in [2.45, 2.75) is 0 Å². The maximum atomic E-state index is 11.1. The van der Waals surface area contributed by atoms with E-state index in [1.54, 1.807) is 6.07 Å². The van der Waals surface area contributed by atoms with E-state index >= 15 is 0 Å². The highest BCUT2D eigenvalue weighted by atomic mass is 35.5. The fraction of sp³-hybridized carbons (Fsp3) is 0. The maximum absolute atomic E-state index is 11.1. The van der Waals surface area contributed by atoms with Gasteiger partial charge in [-0.2, -0.15) is 0 Å². The zero-order chi connectivity index (χ0) is 15.1. The van der Waals surface area contributed by atoms with Crippen LogP contribution in [0.15, 0.2) is 30.5 Å². The average molecular weight is 324 g/mol. The van der Waals surface area contributed by atoms with Gasteiger partial charge in [-0.3, -0.25) is 4.40 Å². The Morgan fingerprint density at radius 2 is 1.90 bits per heavy atom. The molecular formula is C13H7Cl2N3O3. The minimum atomic E-state index is -1.11. The van der Waals surface area contributed by atoms with E-state index in [4.69, 9.17) is 28.3 Å². The van der Waals surface area contributed by atoms with Crippen LogP contribution in [0, 0.1) is 0 Å². The second-order valence-electron chi connectivity index (χ2n) is 4.27. The van der Waals surface area contributed by atoms with Gasteiger partial charge in [0.15, 0.2) is 11.5 Å². The summed E-state index contributed by atoms with van der Waals surface area (Å²) in [6, 6.07) is 5.83. The lowest BCUT2D eigenvalue weighted by Crippen LogP contribution is -2.00. The molecule has 0 saturated heterocycles. The van der Waals surface area contributed by atoms with Gasteiger partial charge in [0.1, 0.15) is 5.75 Å². The summed E-state index contributed by atoms with van der Waals surface area (Å²) in [5.41, 5.74) is 0.920. The zero-order valence-corrected chi connectivity index (χ0v) is 11.8. The number of fused-ring (bicyclic) bond motifs is 1. The molecule has 8 heteroatoms. The monoisotopic (exact) mass is 323 g/mol. The molecular weight excluding hydrogens is 317 g/mol. The standard InChI is InChI=1S/C13H7Cl2N3O3/c14-8-3-6(1-2-10(8)19)11-16-17-12-9(15)4-7(13(20)21)5-18(11)12/h1-5,19H,(H,20,21). The van der Waals surface area contributed by atoms with Gasteiger partial charge >= 0.3 is 5.97 Å². The molecule has 0 fully saturated rings. The molecule has 0 amide bonds. The second-order valence-corrected chi connectivity index (χ2v) is 5.08. The number of aromatic hydroxyl groups is 1. The minimum absolute atomic E-state index is 0.0124. The third-order valence-corrected chi connectivity index (χ3v) is 3.49. The number of carboxylic acids is 1. The van der Waals surface area contributed by atoms with Crippen molar-refractivity contribution in [1.29, 1.82) is 0 Å². The van der Waals surface area contributed by atoms with E-state index in [0.29, 0.717) is 17.0 Å². The molecule has 0 spiro atoms. The molecule has 2 aromatic heterocycles. The van der Waals surface area contributed by atoms with E-state index in [9.17, 15) is 9.90 Å². The zero-order valence-electron chi connectivity index (χ0n) is 10.3. The van der Waals surface area contributed by atoms with Crippen LogP contribution >= 0.6 is 23.2 Å². The SMILES string of the molecule is O=C(O)c1cc(Cl)c2nnc(-c3ccc(O)c(Cl)c3)n2c1. The number of aromatic nitrogens is 3. The molecule has 21 heavy (non-hydrogen) atoms. The summed E-state index contributed by atoms with van der Waals surface area (Å²) in [5.74, 6) is -0.794. The first-order chi connectivity index (χ1) is 9.97. The van der Waals surface area contributed by atoms with Gasteiger partial charge in [-0.05, 0) is 24.3 Å². The van der Waals surface area contributed by atoms with Crippen molar-refractivity contribution < 1.29 is 15.0 Å². The van der Waals surface area contributed by atoms with Crippen LogP contribution in [0.2, 0.25) is 10.0 Å². The lowest BCUT2D eigenvalue weighted by Gasteiger charge is -2.04. The first kappa shape index (κ1) is 13.7. The summed E-state index contributed by atoms with van der Waals surface area (Å²) in [6.07, 6.45) is 1.37. The van der Waals surface area contributed by atoms with Gasteiger partial charge in [0, 0.05) is 11.8 Å². The Balaban J connectivity index is 2.27. The van der Waals surface area contributed by atoms with E-state index < -0.39 is 5.97 Å². The molecule has 2 N–H and O–H groups in total. The predicted octanol–water partition coefficient (Wildman–Crippen LogP) is 3.11. The highest BCUT2D eigenvalue weighted by molar-refractivity contribution is 6.34. The number of pyridine rings is 1. The van der Waals surface area contributed by atoms with Gasteiger partial charge in [-0.15, -0.1) is 10.2 Å². The Morgan fingerprint density at radius 3 is 2.57 bits per heavy atom. The Bertz CT molecular complexity index is 876. The third-order valence-electron chi connectivity index (χ3n) is 2.91. The molecule has 2 heterocycles. The van der Waals surface area contributed by atoms with Crippen molar-refractivity contribution in [3.05, 3.63) is 46.1 Å². The molecule has 6 nitrogen and oxygen atoms in total. The normalized spacial score (nSPS) is 11.0. The summed E-state index contributed by atoms with van der Waals surface area (Å²) < 4.78 is 1.47. The van der Waals surface area contributed by atoms with Crippen LogP contribution in [0.4, 0.5) is 0 Å². The maximum Gasteiger partial charge on any atom is 0.337 e. The average Bonchev–Trinajstić information content (AvgIpc) is 2.86. The van der Waals surface area contributed by atoms with Crippen LogP contribution in [-0.4, -0.2) is 30.8 Å². The molecule has 0 radical (unpaired) electrons. The largest absolute Gasteiger partial charge is 0.506 e. The van der Waals surface area contributed by atoms with Crippen molar-refractivity contribution in [2.24, 2.45) is 0 Å². The van der Waals surface area contributed by atoms with Crippen molar-refractivity contribution >= 4 is 34.8 Å². The van der Waals surface area contributed by atoms with Crippen LogP contribution in [0.25, 0.3) is 17.0 Å². The quantitative estimate of drug-likeness (QED) is 0.756. The Labute approximate surface area is 128 Å². The van der Waals surface area contributed by atoms with Gasteiger partial charge < -0.3 is 10.2 Å². The van der Waals surface area contributed by atoms with Crippen LogP contribution in [0.5, 0.6) is 5.75 Å². The molecule has 1 aromatic carbocycles. The van der Waals surface area contributed by atoms with E-state index in [1.165, 1.54) is 28.8 Å². The number of hydrogen-bond acceptors (Lipinski definition) is 4. The Kier molecular flexibility index (Phi) is 3.19. The minimum Gasteiger partial charge on any atom is -0.506 e. The number of hydrogen-bond donors (Lipinski definition) is 2. The number of phenols is 1. The van der Waals surface area contributed by atoms with Crippen LogP contribution in [0.3, 0.4) is 0 Å². The van der Waals surface area contributed by atoms with Gasteiger partial charge in [0.2, 0.25) is 0 Å². The summed E-state index contributed by atoms with van der Waals surface area (Å²) in [4.78, 5) is 11.1. The number of carbonyl (C=O) groups is 1. The first-order valence-corrected chi connectivity index (χ1v) is 6.49. The van der Waals surface area contributed by atoms with Crippen LogP contribution in [-0.2, 0) is 0 Å². The van der Waals surface area contributed by atoms with E-state index in [0.717, 1.165) is 0 Å². The second kappa shape index (κ2) is 4.91. The highest BCUT2D eigenvalue weighted by Crippen LogP contribution is 2.30. The lowest BCUT2D eigenvalue weighted by atomic mass is 10.2. The lowest BCUT2D eigenvalue weighted by molar-refractivity contribution is 0.0696. The summed E-state index contributed by atoms with van der Waals surface area (Å²) in [7, 11) is 0.